The van der Waals surface area contributed by atoms with Crippen molar-refractivity contribution in [2.45, 2.75) is 13.5 Å². The first kappa shape index (κ1) is 13.6. The van der Waals surface area contributed by atoms with Gasteiger partial charge in [-0.2, -0.15) is 0 Å². The molecule has 0 fully saturated rings. The van der Waals surface area contributed by atoms with Crippen molar-refractivity contribution in [2.75, 3.05) is 5.32 Å². The van der Waals surface area contributed by atoms with Gasteiger partial charge in [0.25, 0.3) is 0 Å². The normalized spacial score (nSPS) is 10.4. The van der Waals surface area contributed by atoms with E-state index in [2.05, 4.69) is 27.9 Å². The van der Waals surface area contributed by atoms with Crippen LogP contribution in [0.25, 0.3) is 0 Å². The summed E-state index contributed by atoms with van der Waals surface area (Å²) < 4.78 is 14.7. The molecule has 0 radical (unpaired) electrons. The van der Waals surface area contributed by atoms with Crippen LogP contribution in [0, 0.1) is 16.3 Å². The summed E-state index contributed by atoms with van der Waals surface area (Å²) in [7, 11) is 0. The van der Waals surface area contributed by atoms with Gasteiger partial charge in [-0.3, -0.25) is 0 Å². The van der Waals surface area contributed by atoms with Gasteiger partial charge in [0.15, 0.2) is 0 Å². The van der Waals surface area contributed by atoms with Crippen molar-refractivity contribution >= 4 is 39.9 Å². The minimum absolute atomic E-state index is 0.199. The number of benzene rings is 2. The molecule has 18 heavy (non-hydrogen) atoms. The van der Waals surface area contributed by atoms with Crippen LogP contribution in [0.5, 0.6) is 0 Å². The summed E-state index contributed by atoms with van der Waals surface area (Å²) in [6, 6.07) is 10.8. The molecule has 0 aliphatic carbocycles. The number of aryl methyl sites for hydroxylation is 1. The van der Waals surface area contributed by atoms with E-state index in [0.717, 1.165) is 14.8 Å². The second-order valence-corrected chi connectivity index (χ2v) is 5.73. The Balaban J connectivity index is 2.16. The molecule has 0 atom stereocenters. The number of halogens is 3. The van der Waals surface area contributed by atoms with E-state index in [-0.39, 0.29) is 5.82 Å². The maximum absolute atomic E-state index is 13.6. The van der Waals surface area contributed by atoms with E-state index in [1.54, 1.807) is 6.07 Å². The molecule has 0 aromatic heterocycles. The SMILES string of the molecule is Cc1ccc(F)c(CNc2cc(I)ccc2Cl)c1. The van der Waals surface area contributed by atoms with Crippen molar-refractivity contribution in [1.82, 2.24) is 0 Å². The Morgan fingerprint density at radius 3 is 2.78 bits per heavy atom. The lowest BCUT2D eigenvalue weighted by Gasteiger charge is -2.10. The van der Waals surface area contributed by atoms with E-state index in [1.165, 1.54) is 6.07 Å². The van der Waals surface area contributed by atoms with E-state index in [4.69, 9.17) is 11.6 Å². The Morgan fingerprint density at radius 2 is 2.00 bits per heavy atom. The average Bonchev–Trinajstić information content (AvgIpc) is 2.34. The van der Waals surface area contributed by atoms with Crippen molar-refractivity contribution in [3.8, 4) is 0 Å². The van der Waals surface area contributed by atoms with Crippen LogP contribution in [-0.4, -0.2) is 0 Å². The minimum atomic E-state index is -0.199. The standard InChI is InChI=1S/C14H12ClFIN/c1-9-2-5-13(16)10(6-9)8-18-14-7-11(17)3-4-12(14)15/h2-7,18H,8H2,1H3. The van der Waals surface area contributed by atoms with Gasteiger partial charge in [0.1, 0.15) is 5.82 Å². The Labute approximate surface area is 124 Å². The molecule has 0 saturated carbocycles. The van der Waals surface area contributed by atoms with E-state index in [9.17, 15) is 4.39 Å². The van der Waals surface area contributed by atoms with Gasteiger partial charge in [0.05, 0.1) is 10.7 Å². The first-order valence-electron chi connectivity index (χ1n) is 5.50. The van der Waals surface area contributed by atoms with Crippen molar-refractivity contribution in [2.24, 2.45) is 0 Å². The van der Waals surface area contributed by atoms with Crippen LogP contribution in [0.1, 0.15) is 11.1 Å². The molecule has 0 aliphatic rings. The molecule has 0 unspecified atom stereocenters. The second-order valence-electron chi connectivity index (χ2n) is 4.07. The fraction of sp³-hybridized carbons (Fsp3) is 0.143. The predicted molar refractivity (Wildman–Crippen MR) is 82.6 cm³/mol. The maximum Gasteiger partial charge on any atom is 0.128 e. The van der Waals surface area contributed by atoms with Crippen LogP contribution in [0.4, 0.5) is 10.1 Å². The molecular formula is C14H12ClFIN. The monoisotopic (exact) mass is 375 g/mol. The topological polar surface area (TPSA) is 12.0 Å². The number of nitrogens with one attached hydrogen (secondary N) is 1. The van der Waals surface area contributed by atoms with Crippen LogP contribution in [0.2, 0.25) is 5.02 Å². The molecule has 2 aromatic rings. The summed E-state index contributed by atoms with van der Waals surface area (Å²) >= 11 is 8.29. The third-order valence-corrected chi connectivity index (χ3v) is 3.60. The van der Waals surface area contributed by atoms with Crippen molar-refractivity contribution in [1.29, 1.82) is 0 Å². The van der Waals surface area contributed by atoms with Crippen LogP contribution in [-0.2, 0) is 6.54 Å². The molecule has 2 rings (SSSR count). The van der Waals surface area contributed by atoms with Gasteiger partial charge in [-0.1, -0.05) is 29.3 Å². The highest BCUT2D eigenvalue weighted by atomic mass is 127. The number of hydrogen-bond donors (Lipinski definition) is 1. The summed E-state index contributed by atoms with van der Waals surface area (Å²) in [6.07, 6.45) is 0. The molecule has 2 aromatic carbocycles. The number of anilines is 1. The fourth-order valence-electron chi connectivity index (χ4n) is 1.66. The zero-order valence-corrected chi connectivity index (χ0v) is 12.7. The van der Waals surface area contributed by atoms with Crippen molar-refractivity contribution < 1.29 is 4.39 Å². The molecule has 4 heteroatoms. The number of rotatable bonds is 3. The molecule has 0 saturated heterocycles. The van der Waals surface area contributed by atoms with Gasteiger partial charge < -0.3 is 5.32 Å². The highest BCUT2D eigenvalue weighted by Crippen LogP contribution is 2.24. The van der Waals surface area contributed by atoms with Crippen LogP contribution in [0.3, 0.4) is 0 Å². The van der Waals surface area contributed by atoms with Crippen molar-refractivity contribution in [3.63, 3.8) is 0 Å². The molecule has 1 N–H and O–H groups in total. The second kappa shape index (κ2) is 5.89. The molecule has 0 bridgehead atoms. The first-order valence-corrected chi connectivity index (χ1v) is 6.96. The van der Waals surface area contributed by atoms with Crippen molar-refractivity contribution in [3.05, 3.63) is 61.9 Å². The third-order valence-electron chi connectivity index (χ3n) is 2.60. The van der Waals surface area contributed by atoms with Gasteiger partial charge in [0, 0.05) is 15.7 Å². The molecular weight excluding hydrogens is 364 g/mol. The lowest BCUT2D eigenvalue weighted by molar-refractivity contribution is 0.612. The highest BCUT2D eigenvalue weighted by Gasteiger charge is 2.04. The van der Waals surface area contributed by atoms with E-state index in [0.29, 0.717) is 17.1 Å². The largest absolute Gasteiger partial charge is 0.380 e. The Morgan fingerprint density at radius 1 is 1.22 bits per heavy atom. The molecule has 0 spiro atoms. The van der Waals surface area contributed by atoms with Gasteiger partial charge >= 0.3 is 0 Å². The molecule has 0 aliphatic heterocycles. The fourth-order valence-corrected chi connectivity index (χ4v) is 2.34. The van der Waals surface area contributed by atoms with Crippen LogP contribution >= 0.6 is 34.2 Å². The van der Waals surface area contributed by atoms with Gasteiger partial charge in [-0.15, -0.1) is 0 Å². The first-order chi connectivity index (χ1) is 8.56. The smallest absolute Gasteiger partial charge is 0.128 e. The highest BCUT2D eigenvalue weighted by molar-refractivity contribution is 14.1. The maximum atomic E-state index is 13.6. The average molecular weight is 376 g/mol. The van der Waals surface area contributed by atoms with E-state index < -0.39 is 0 Å². The zero-order valence-electron chi connectivity index (χ0n) is 9.81. The lowest BCUT2D eigenvalue weighted by atomic mass is 10.1. The van der Waals surface area contributed by atoms with Gasteiger partial charge in [-0.05, 0) is 53.8 Å². The molecule has 94 valence electrons. The summed E-state index contributed by atoms with van der Waals surface area (Å²) in [5.41, 5.74) is 2.51. The summed E-state index contributed by atoms with van der Waals surface area (Å²) in [5, 5.41) is 3.80. The third kappa shape index (κ3) is 3.36. The summed E-state index contributed by atoms with van der Waals surface area (Å²) in [4.78, 5) is 0. The zero-order chi connectivity index (χ0) is 13.1. The lowest BCUT2D eigenvalue weighted by Crippen LogP contribution is -2.03. The van der Waals surface area contributed by atoms with Crippen LogP contribution in [0.15, 0.2) is 36.4 Å². The van der Waals surface area contributed by atoms with E-state index >= 15 is 0 Å². The van der Waals surface area contributed by atoms with E-state index in [1.807, 2.05) is 31.2 Å². The Bertz CT molecular complexity index is 520. The Hall–Kier alpha value is -0.810. The molecule has 0 amide bonds. The summed E-state index contributed by atoms with van der Waals surface area (Å²) in [5.74, 6) is -0.199. The number of hydrogen-bond acceptors (Lipinski definition) is 1. The summed E-state index contributed by atoms with van der Waals surface area (Å²) in [6.45, 7) is 2.37. The van der Waals surface area contributed by atoms with Gasteiger partial charge in [0.2, 0.25) is 0 Å². The molecule has 1 nitrogen and oxygen atoms in total. The predicted octanol–water partition coefficient (Wildman–Crippen LogP) is 5.00. The quantitative estimate of drug-likeness (QED) is 0.744. The Kier molecular flexibility index (Phi) is 4.45. The molecule has 0 heterocycles. The minimum Gasteiger partial charge on any atom is -0.380 e. The van der Waals surface area contributed by atoms with Crippen LogP contribution < -0.4 is 5.32 Å². The van der Waals surface area contributed by atoms with Gasteiger partial charge in [-0.25, -0.2) is 4.39 Å².